The van der Waals surface area contributed by atoms with Crippen molar-refractivity contribution in [3.63, 3.8) is 0 Å². The molecule has 0 aliphatic heterocycles. The van der Waals surface area contributed by atoms with Crippen LogP contribution in [0.3, 0.4) is 0 Å². The number of hydrogen-bond donors (Lipinski definition) is 1. The van der Waals surface area contributed by atoms with E-state index in [-0.39, 0.29) is 5.69 Å². The summed E-state index contributed by atoms with van der Waals surface area (Å²) in [5.41, 5.74) is 1.77. The van der Waals surface area contributed by atoms with Crippen LogP contribution in [-0.4, -0.2) is 0 Å². The van der Waals surface area contributed by atoms with E-state index < -0.39 is 11.6 Å². The third-order valence-corrected chi connectivity index (χ3v) is 2.49. The van der Waals surface area contributed by atoms with E-state index >= 15 is 0 Å². The van der Waals surface area contributed by atoms with Gasteiger partial charge in [-0.15, -0.1) is 0 Å². The van der Waals surface area contributed by atoms with Gasteiger partial charge in [0.05, 0.1) is 16.9 Å². The van der Waals surface area contributed by atoms with Gasteiger partial charge in [-0.05, 0) is 36.8 Å². The number of rotatable bonds is 2. The molecule has 4 heteroatoms. The largest absolute Gasteiger partial charge is 0.352 e. The van der Waals surface area contributed by atoms with Gasteiger partial charge in [-0.2, -0.15) is 5.26 Å². The van der Waals surface area contributed by atoms with Crippen LogP contribution in [-0.2, 0) is 0 Å². The summed E-state index contributed by atoms with van der Waals surface area (Å²) >= 11 is 0. The molecular weight excluding hydrogens is 234 g/mol. The van der Waals surface area contributed by atoms with Crippen molar-refractivity contribution in [2.45, 2.75) is 6.92 Å². The fourth-order valence-electron chi connectivity index (χ4n) is 1.60. The average Bonchev–Trinajstić information content (AvgIpc) is 2.34. The van der Waals surface area contributed by atoms with E-state index in [1.165, 1.54) is 0 Å². The van der Waals surface area contributed by atoms with Crippen LogP contribution >= 0.6 is 0 Å². The zero-order chi connectivity index (χ0) is 13.1. The topological polar surface area (TPSA) is 35.8 Å². The summed E-state index contributed by atoms with van der Waals surface area (Å²) in [6, 6.07) is 10.3. The first-order valence-corrected chi connectivity index (χ1v) is 5.33. The van der Waals surface area contributed by atoms with E-state index in [0.29, 0.717) is 11.3 Å². The Bertz CT molecular complexity index is 630. The van der Waals surface area contributed by atoms with Gasteiger partial charge in [-0.1, -0.05) is 6.07 Å². The van der Waals surface area contributed by atoms with Crippen molar-refractivity contribution in [2.24, 2.45) is 0 Å². The Labute approximate surface area is 103 Å². The molecule has 0 aliphatic carbocycles. The highest BCUT2D eigenvalue weighted by atomic mass is 19.1. The first kappa shape index (κ1) is 12.1. The molecule has 0 aromatic heterocycles. The van der Waals surface area contributed by atoms with Crippen LogP contribution < -0.4 is 5.32 Å². The van der Waals surface area contributed by atoms with Gasteiger partial charge in [0.2, 0.25) is 0 Å². The third kappa shape index (κ3) is 2.46. The molecule has 18 heavy (non-hydrogen) atoms. The van der Waals surface area contributed by atoms with E-state index in [2.05, 4.69) is 5.32 Å². The molecule has 0 amide bonds. The second kappa shape index (κ2) is 4.84. The van der Waals surface area contributed by atoms with Gasteiger partial charge in [-0.25, -0.2) is 8.78 Å². The Morgan fingerprint density at radius 1 is 1.06 bits per heavy atom. The molecule has 0 saturated carbocycles. The van der Waals surface area contributed by atoms with Gasteiger partial charge in [0.25, 0.3) is 0 Å². The van der Waals surface area contributed by atoms with E-state index in [4.69, 9.17) is 5.26 Å². The zero-order valence-electron chi connectivity index (χ0n) is 9.67. The second-order valence-electron chi connectivity index (χ2n) is 3.91. The maximum absolute atomic E-state index is 13.5. The molecule has 2 aromatic carbocycles. The Balaban J connectivity index is 2.43. The molecule has 0 radical (unpaired) electrons. The molecule has 0 aliphatic rings. The summed E-state index contributed by atoms with van der Waals surface area (Å²) in [6.45, 7) is 1.86. The Kier molecular flexibility index (Phi) is 3.24. The van der Waals surface area contributed by atoms with E-state index in [1.54, 1.807) is 18.2 Å². The molecule has 0 spiro atoms. The van der Waals surface area contributed by atoms with Crippen LogP contribution in [0.4, 0.5) is 20.2 Å². The molecule has 0 atom stereocenters. The lowest BCUT2D eigenvalue weighted by atomic mass is 10.1. The first-order chi connectivity index (χ1) is 8.60. The molecule has 0 heterocycles. The van der Waals surface area contributed by atoms with Crippen LogP contribution in [0, 0.1) is 29.9 Å². The fourth-order valence-corrected chi connectivity index (χ4v) is 1.60. The normalized spacial score (nSPS) is 9.89. The van der Waals surface area contributed by atoms with Crippen molar-refractivity contribution >= 4 is 11.4 Å². The summed E-state index contributed by atoms with van der Waals surface area (Å²) < 4.78 is 26.5. The third-order valence-electron chi connectivity index (χ3n) is 2.49. The number of anilines is 2. The minimum Gasteiger partial charge on any atom is -0.352 e. The van der Waals surface area contributed by atoms with Crippen LogP contribution in [0.1, 0.15) is 11.1 Å². The highest BCUT2D eigenvalue weighted by Gasteiger charge is 2.07. The van der Waals surface area contributed by atoms with Gasteiger partial charge in [0.15, 0.2) is 0 Å². The van der Waals surface area contributed by atoms with E-state index in [9.17, 15) is 8.78 Å². The lowest BCUT2D eigenvalue weighted by molar-refractivity contribution is 0.603. The van der Waals surface area contributed by atoms with Crippen molar-refractivity contribution in [2.75, 3.05) is 5.32 Å². The minimum atomic E-state index is -0.568. The molecule has 2 aromatic rings. The van der Waals surface area contributed by atoms with E-state index in [0.717, 1.165) is 23.8 Å². The summed E-state index contributed by atoms with van der Waals surface area (Å²) in [6.07, 6.45) is 0. The summed E-state index contributed by atoms with van der Waals surface area (Å²) in [4.78, 5) is 0. The van der Waals surface area contributed by atoms with Crippen molar-refractivity contribution in [3.8, 4) is 6.07 Å². The molecule has 0 bridgehead atoms. The molecule has 0 fully saturated rings. The molecule has 2 rings (SSSR count). The number of halogens is 2. The predicted octanol–water partition coefficient (Wildman–Crippen LogP) is 3.89. The van der Waals surface area contributed by atoms with Crippen LogP contribution in [0.15, 0.2) is 36.4 Å². The Hall–Kier alpha value is -2.41. The number of aryl methyl sites for hydroxylation is 1. The first-order valence-electron chi connectivity index (χ1n) is 5.33. The van der Waals surface area contributed by atoms with E-state index in [1.807, 2.05) is 13.0 Å². The standard InChI is InChI=1S/C14H10F2N2/c1-9-2-3-10(8-17)13(6-9)18-14-7-11(15)4-5-12(14)16/h2-7,18H,1H3. The number of nitrogens with zero attached hydrogens (tertiary/aromatic N) is 1. The zero-order valence-corrected chi connectivity index (χ0v) is 9.67. The molecular formula is C14H10F2N2. The van der Waals surface area contributed by atoms with Gasteiger partial charge >= 0.3 is 0 Å². The number of benzene rings is 2. The Morgan fingerprint density at radius 2 is 1.83 bits per heavy atom. The highest BCUT2D eigenvalue weighted by molar-refractivity contribution is 5.67. The number of hydrogen-bond acceptors (Lipinski definition) is 2. The quantitative estimate of drug-likeness (QED) is 0.869. The van der Waals surface area contributed by atoms with Crippen LogP contribution in [0.25, 0.3) is 0 Å². The fraction of sp³-hybridized carbons (Fsp3) is 0.0714. The predicted molar refractivity (Wildman–Crippen MR) is 65.5 cm³/mol. The van der Waals surface area contributed by atoms with Crippen molar-refractivity contribution in [3.05, 3.63) is 59.2 Å². The number of nitrogens with one attached hydrogen (secondary N) is 1. The maximum Gasteiger partial charge on any atom is 0.146 e. The van der Waals surface area contributed by atoms with Crippen molar-refractivity contribution in [1.29, 1.82) is 5.26 Å². The Morgan fingerprint density at radius 3 is 2.56 bits per heavy atom. The minimum absolute atomic E-state index is 0.0112. The van der Waals surface area contributed by atoms with Crippen molar-refractivity contribution in [1.82, 2.24) is 0 Å². The summed E-state index contributed by atoms with van der Waals surface area (Å²) in [5, 5.41) is 11.7. The van der Waals surface area contributed by atoms with Gasteiger partial charge in [0.1, 0.15) is 17.7 Å². The summed E-state index contributed by atoms with van der Waals surface area (Å²) in [7, 11) is 0. The lowest BCUT2D eigenvalue weighted by Gasteiger charge is -2.10. The smallest absolute Gasteiger partial charge is 0.146 e. The molecule has 2 nitrogen and oxygen atoms in total. The molecule has 90 valence electrons. The summed E-state index contributed by atoms with van der Waals surface area (Å²) in [5.74, 6) is -1.10. The molecule has 0 unspecified atom stereocenters. The second-order valence-corrected chi connectivity index (χ2v) is 3.91. The number of nitriles is 1. The van der Waals surface area contributed by atoms with Gasteiger partial charge in [-0.3, -0.25) is 0 Å². The highest BCUT2D eigenvalue weighted by Crippen LogP contribution is 2.24. The van der Waals surface area contributed by atoms with Gasteiger partial charge in [0, 0.05) is 6.07 Å². The molecule has 0 saturated heterocycles. The monoisotopic (exact) mass is 244 g/mol. The molecule has 1 N–H and O–H groups in total. The maximum atomic E-state index is 13.5. The lowest BCUT2D eigenvalue weighted by Crippen LogP contribution is -1.97. The van der Waals surface area contributed by atoms with Crippen LogP contribution in [0.2, 0.25) is 0 Å². The van der Waals surface area contributed by atoms with Gasteiger partial charge < -0.3 is 5.32 Å². The van der Waals surface area contributed by atoms with Crippen LogP contribution in [0.5, 0.6) is 0 Å². The van der Waals surface area contributed by atoms with Crippen molar-refractivity contribution < 1.29 is 8.78 Å². The SMILES string of the molecule is Cc1ccc(C#N)c(Nc2cc(F)ccc2F)c1. The average molecular weight is 244 g/mol.